The van der Waals surface area contributed by atoms with E-state index in [1.165, 1.54) is 5.56 Å². The van der Waals surface area contributed by atoms with Gasteiger partial charge in [-0.1, -0.05) is 17.3 Å². The molecule has 1 fully saturated rings. The van der Waals surface area contributed by atoms with Gasteiger partial charge < -0.3 is 19.9 Å². The van der Waals surface area contributed by atoms with Crippen LogP contribution in [0.3, 0.4) is 0 Å². The van der Waals surface area contributed by atoms with Crippen LogP contribution >= 0.6 is 0 Å². The molecular weight excluding hydrogens is 268 g/mol. The largest absolute Gasteiger partial charge is 0.367 e. The van der Waals surface area contributed by atoms with Crippen LogP contribution in [0.2, 0.25) is 0 Å². The lowest BCUT2D eigenvalue weighted by Gasteiger charge is -2.27. The predicted molar refractivity (Wildman–Crippen MR) is 78.7 cm³/mol. The van der Waals surface area contributed by atoms with Crippen LogP contribution in [0.15, 0.2) is 28.8 Å². The molecule has 2 aromatic rings. The normalized spacial score (nSPS) is 19.8. The number of ether oxygens (including phenoxy) is 1. The van der Waals surface area contributed by atoms with Gasteiger partial charge in [-0.05, 0) is 37.7 Å². The summed E-state index contributed by atoms with van der Waals surface area (Å²) in [5.74, 6) is 1.14. The minimum atomic E-state index is -0.113. The van der Waals surface area contributed by atoms with E-state index in [0.29, 0.717) is 24.9 Å². The Morgan fingerprint density at radius 3 is 2.86 bits per heavy atom. The Bertz CT molecular complexity index is 582. The molecule has 3 rings (SSSR count). The Morgan fingerprint density at radius 1 is 1.33 bits per heavy atom. The van der Waals surface area contributed by atoms with Gasteiger partial charge >= 0.3 is 0 Å². The summed E-state index contributed by atoms with van der Waals surface area (Å²) in [5.41, 5.74) is 7.67. The molecular formula is C15H20N4O2. The quantitative estimate of drug-likeness (QED) is 0.912. The molecule has 1 aromatic carbocycles. The minimum absolute atomic E-state index is 0.113. The molecule has 6 heteroatoms. The molecule has 0 radical (unpaired) electrons. The third kappa shape index (κ3) is 3.29. The second-order valence-corrected chi connectivity index (χ2v) is 5.32. The first-order valence-corrected chi connectivity index (χ1v) is 7.19. The molecule has 2 N–H and O–H groups in total. The van der Waals surface area contributed by atoms with Gasteiger partial charge in [0.15, 0.2) is 0 Å². The van der Waals surface area contributed by atoms with Gasteiger partial charge in [0.25, 0.3) is 5.89 Å². The number of benzene rings is 1. The Kier molecular flexibility index (Phi) is 4.28. The van der Waals surface area contributed by atoms with Gasteiger partial charge in [0.05, 0.1) is 6.61 Å². The van der Waals surface area contributed by atoms with E-state index in [0.717, 1.165) is 25.1 Å². The highest BCUT2D eigenvalue weighted by Gasteiger charge is 2.24. The Labute approximate surface area is 123 Å². The second kappa shape index (κ2) is 6.34. The van der Waals surface area contributed by atoms with Gasteiger partial charge in [0.1, 0.15) is 6.10 Å². The summed E-state index contributed by atoms with van der Waals surface area (Å²) in [4.78, 5) is 6.66. The Hall–Kier alpha value is -1.76. The first-order valence-electron chi connectivity index (χ1n) is 7.19. The van der Waals surface area contributed by atoms with E-state index in [9.17, 15) is 0 Å². The standard InChI is InChI=1S/C15H20N4O2/c1-19-8-9-20-13(10-19)14-17-15(21-18-14)12-4-2-11(3-5-12)6-7-16/h2-5,13H,6-10,16H2,1H3. The molecule has 21 heavy (non-hydrogen) atoms. The minimum Gasteiger partial charge on any atom is -0.367 e. The van der Waals surface area contributed by atoms with Gasteiger partial charge in [-0.15, -0.1) is 0 Å². The molecule has 1 aromatic heterocycles. The lowest BCUT2D eigenvalue weighted by molar-refractivity contribution is -0.0264. The molecule has 112 valence electrons. The topological polar surface area (TPSA) is 77.4 Å². The van der Waals surface area contributed by atoms with E-state index >= 15 is 0 Å². The highest BCUT2D eigenvalue weighted by atomic mass is 16.5. The Morgan fingerprint density at radius 2 is 2.14 bits per heavy atom. The summed E-state index contributed by atoms with van der Waals surface area (Å²) in [7, 11) is 2.06. The van der Waals surface area contributed by atoms with Crippen LogP contribution < -0.4 is 5.73 Å². The van der Waals surface area contributed by atoms with Crippen LogP contribution in [0.4, 0.5) is 0 Å². The van der Waals surface area contributed by atoms with Crippen molar-refractivity contribution in [1.82, 2.24) is 15.0 Å². The number of rotatable bonds is 4. The van der Waals surface area contributed by atoms with Gasteiger partial charge in [0.2, 0.25) is 5.82 Å². The first-order chi connectivity index (χ1) is 10.3. The van der Waals surface area contributed by atoms with Crippen molar-refractivity contribution in [2.45, 2.75) is 12.5 Å². The summed E-state index contributed by atoms with van der Waals surface area (Å²) >= 11 is 0. The van der Waals surface area contributed by atoms with Crippen molar-refractivity contribution < 1.29 is 9.26 Å². The van der Waals surface area contributed by atoms with Gasteiger partial charge in [0, 0.05) is 18.7 Å². The lowest BCUT2D eigenvalue weighted by atomic mass is 10.1. The number of hydrogen-bond acceptors (Lipinski definition) is 6. The molecule has 0 bridgehead atoms. The first kappa shape index (κ1) is 14.2. The Balaban J connectivity index is 1.74. The van der Waals surface area contributed by atoms with Gasteiger partial charge in [-0.25, -0.2) is 0 Å². The van der Waals surface area contributed by atoms with Crippen LogP contribution in [0.1, 0.15) is 17.5 Å². The number of morpholine rings is 1. The fourth-order valence-electron chi connectivity index (χ4n) is 2.40. The van der Waals surface area contributed by atoms with Crippen molar-refractivity contribution >= 4 is 0 Å². The van der Waals surface area contributed by atoms with Crippen LogP contribution in [0.25, 0.3) is 11.5 Å². The van der Waals surface area contributed by atoms with E-state index in [2.05, 4.69) is 22.1 Å². The fourth-order valence-corrected chi connectivity index (χ4v) is 2.40. The molecule has 0 aliphatic carbocycles. The van der Waals surface area contributed by atoms with Crippen LogP contribution in [0.5, 0.6) is 0 Å². The molecule has 6 nitrogen and oxygen atoms in total. The van der Waals surface area contributed by atoms with Crippen LogP contribution in [-0.4, -0.2) is 48.3 Å². The summed E-state index contributed by atoms with van der Waals surface area (Å²) in [6.45, 7) is 3.06. The average molecular weight is 288 g/mol. The van der Waals surface area contributed by atoms with E-state index in [1.807, 2.05) is 24.3 Å². The van der Waals surface area contributed by atoms with E-state index in [4.69, 9.17) is 15.0 Å². The number of aromatic nitrogens is 2. The third-order valence-electron chi connectivity index (χ3n) is 3.63. The SMILES string of the molecule is CN1CCOC(c2noc(-c3ccc(CCN)cc3)n2)C1. The number of likely N-dealkylation sites (N-methyl/N-ethyl adjacent to an activating group) is 1. The van der Waals surface area contributed by atoms with Gasteiger partial charge in [-0.3, -0.25) is 0 Å². The molecule has 1 unspecified atom stereocenters. The second-order valence-electron chi connectivity index (χ2n) is 5.32. The molecule has 0 spiro atoms. The molecule has 1 aliphatic heterocycles. The molecule has 1 saturated heterocycles. The van der Waals surface area contributed by atoms with Crippen molar-refractivity contribution in [1.29, 1.82) is 0 Å². The van der Waals surface area contributed by atoms with Crippen LogP contribution in [0, 0.1) is 0 Å². The zero-order chi connectivity index (χ0) is 14.7. The van der Waals surface area contributed by atoms with Crippen molar-refractivity contribution in [3.05, 3.63) is 35.7 Å². The number of nitrogens with zero attached hydrogens (tertiary/aromatic N) is 3. The summed E-state index contributed by atoms with van der Waals surface area (Å²) in [5, 5.41) is 4.05. The highest BCUT2D eigenvalue weighted by molar-refractivity contribution is 5.53. The monoisotopic (exact) mass is 288 g/mol. The summed E-state index contributed by atoms with van der Waals surface area (Å²) in [6, 6.07) is 8.04. The maximum atomic E-state index is 5.69. The van der Waals surface area contributed by atoms with Crippen LogP contribution in [-0.2, 0) is 11.2 Å². The van der Waals surface area contributed by atoms with E-state index < -0.39 is 0 Å². The zero-order valence-electron chi connectivity index (χ0n) is 12.2. The van der Waals surface area contributed by atoms with Crippen molar-refractivity contribution in [2.24, 2.45) is 5.73 Å². The van der Waals surface area contributed by atoms with Crippen molar-refractivity contribution in [3.8, 4) is 11.5 Å². The molecule has 0 amide bonds. The smallest absolute Gasteiger partial charge is 0.258 e. The molecule has 1 atom stereocenters. The molecule has 0 saturated carbocycles. The molecule has 2 heterocycles. The van der Waals surface area contributed by atoms with E-state index in [-0.39, 0.29) is 6.10 Å². The lowest BCUT2D eigenvalue weighted by Crippen LogP contribution is -2.35. The number of nitrogens with two attached hydrogens (primary N) is 1. The summed E-state index contributed by atoms with van der Waals surface area (Å²) in [6.07, 6.45) is 0.759. The average Bonchev–Trinajstić information content (AvgIpc) is 2.98. The maximum Gasteiger partial charge on any atom is 0.258 e. The van der Waals surface area contributed by atoms with Crippen molar-refractivity contribution in [3.63, 3.8) is 0 Å². The highest BCUT2D eigenvalue weighted by Crippen LogP contribution is 2.23. The predicted octanol–water partition coefficient (Wildman–Crippen LogP) is 1.24. The zero-order valence-corrected chi connectivity index (χ0v) is 12.2. The van der Waals surface area contributed by atoms with Crippen molar-refractivity contribution in [2.75, 3.05) is 33.3 Å². The molecule has 1 aliphatic rings. The number of hydrogen-bond donors (Lipinski definition) is 1. The van der Waals surface area contributed by atoms with E-state index in [1.54, 1.807) is 0 Å². The third-order valence-corrected chi connectivity index (χ3v) is 3.63. The van der Waals surface area contributed by atoms with Gasteiger partial charge in [-0.2, -0.15) is 4.98 Å². The maximum absolute atomic E-state index is 5.69. The summed E-state index contributed by atoms with van der Waals surface area (Å²) < 4.78 is 11.0. The fraction of sp³-hybridized carbons (Fsp3) is 0.467.